The third-order valence-corrected chi connectivity index (χ3v) is 3.96. The first-order valence-electron chi connectivity index (χ1n) is 6.77. The molecule has 0 saturated heterocycles. The molecule has 2 N–H and O–H groups in total. The molecule has 0 aliphatic heterocycles. The quantitative estimate of drug-likeness (QED) is 0.685. The Morgan fingerprint density at radius 2 is 1.71 bits per heavy atom. The minimum atomic E-state index is -4.02. The molecule has 0 aliphatic carbocycles. The first-order valence-corrected chi connectivity index (χ1v) is 8.21. The van der Waals surface area contributed by atoms with Gasteiger partial charge in [0.25, 0.3) is 10.1 Å². The zero-order chi connectivity index (χ0) is 17.7. The Hall–Kier alpha value is -2.84. The van der Waals surface area contributed by atoms with Gasteiger partial charge in [0, 0.05) is 5.39 Å². The van der Waals surface area contributed by atoms with Gasteiger partial charge in [-0.05, 0) is 31.2 Å². The summed E-state index contributed by atoms with van der Waals surface area (Å²) in [5.41, 5.74) is 1.57. The zero-order valence-electron chi connectivity index (χ0n) is 12.6. The summed E-state index contributed by atoms with van der Waals surface area (Å²) in [7, 11) is -4.02. The maximum Gasteiger partial charge on any atom is 0.337 e. The van der Waals surface area contributed by atoms with Crippen molar-refractivity contribution in [1.29, 1.82) is 0 Å². The number of aromatic carboxylic acids is 1. The fourth-order valence-electron chi connectivity index (χ4n) is 1.89. The normalized spacial score (nSPS) is 10.8. The molecule has 0 bridgehead atoms. The lowest BCUT2D eigenvalue weighted by Crippen LogP contribution is -1.98. The zero-order valence-corrected chi connectivity index (χ0v) is 13.4. The van der Waals surface area contributed by atoms with Crippen molar-refractivity contribution in [1.82, 2.24) is 10.2 Å². The molecule has 3 aromatic rings. The van der Waals surface area contributed by atoms with Crippen molar-refractivity contribution in [2.45, 2.75) is 11.8 Å². The Bertz CT molecular complexity index is 964. The molecule has 0 spiro atoms. The van der Waals surface area contributed by atoms with E-state index in [1.807, 2.05) is 6.92 Å². The van der Waals surface area contributed by atoms with E-state index in [0.717, 1.165) is 10.9 Å². The molecule has 1 heterocycles. The van der Waals surface area contributed by atoms with Crippen LogP contribution in [0.4, 0.5) is 0 Å². The molecule has 0 amide bonds. The number of carboxylic acids is 1. The molecule has 0 saturated carbocycles. The van der Waals surface area contributed by atoms with Crippen LogP contribution in [0.2, 0.25) is 0 Å². The second kappa shape index (κ2) is 7.16. The van der Waals surface area contributed by atoms with Crippen molar-refractivity contribution in [3.05, 3.63) is 65.9 Å². The van der Waals surface area contributed by atoms with E-state index in [9.17, 15) is 13.2 Å². The van der Waals surface area contributed by atoms with Gasteiger partial charge in [0.2, 0.25) is 0 Å². The average molecular weight is 346 g/mol. The van der Waals surface area contributed by atoms with Crippen LogP contribution in [-0.4, -0.2) is 34.2 Å². The summed E-state index contributed by atoms with van der Waals surface area (Å²) < 4.78 is 29.6. The Labute approximate surface area is 138 Å². The summed E-state index contributed by atoms with van der Waals surface area (Å²) in [5, 5.41) is 17.0. The van der Waals surface area contributed by atoms with Gasteiger partial charge in [-0.25, -0.2) is 4.79 Å². The fourth-order valence-corrected chi connectivity index (χ4v) is 2.38. The Morgan fingerprint density at radius 1 is 1.04 bits per heavy atom. The number of nitrogens with zero attached hydrogens (tertiary/aromatic N) is 2. The lowest BCUT2D eigenvalue weighted by molar-refractivity contribution is 0.0698. The van der Waals surface area contributed by atoms with Crippen LogP contribution in [0.3, 0.4) is 0 Å². The molecule has 0 atom stereocenters. The van der Waals surface area contributed by atoms with Crippen molar-refractivity contribution in [2.75, 3.05) is 0 Å². The molecule has 8 heteroatoms. The molecular weight excluding hydrogens is 332 g/mol. The van der Waals surface area contributed by atoms with Gasteiger partial charge in [-0.1, -0.05) is 29.8 Å². The van der Waals surface area contributed by atoms with Crippen LogP contribution >= 0.6 is 0 Å². The van der Waals surface area contributed by atoms with Gasteiger partial charge < -0.3 is 5.11 Å². The van der Waals surface area contributed by atoms with Gasteiger partial charge in [-0.3, -0.25) is 4.55 Å². The van der Waals surface area contributed by atoms with Crippen LogP contribution in [0, 0.1) is 6.92 Å². The minimum Gasteiger partial charge on any atom is -0.478 e. The molecule has 7 nitrogen and oxygen atoms in total. The highest BCUT2D eigenvalue weighted by Gasteiger charge is 2.08. The van der Waals surface area contributed by atoms with E-state index in [1.54, 1.807) is 30.3 Å². The van der Waals surface area contributed by atoms with E-state index in [0.29, 0.717) is 5.52 Å². The number of hydrogen-bond donors (Lipinski definition) is 2. The Morgan fingerprint density at radius 3 is 2.29 bits per heavy atom. The maximum atomic E-state index is 10.7. The SMILES string of the molecule is Cc1ccc(S(=O)(=O)O)cc1.O=C(O)c1cccc2ccnnc12. The number of fused-ring (bicyclic) bond motifs is 1. The lowest BCUT2D eigenvalue weighted by Gasteiger charge is -1.98. The first kappa shape index (κ1) is 17.5. The summed E-state index contributed by atoms with van der Waals surface area (Å²) >= 11 is 0. The molecule has 0 unspecified atom stereocenters. The van der Waals surface area contributed by atoms with Crippen molar-refractivity contribution >= 4 is 27.0 Å². The second-order valence-corrected chi connectivity index (χ2v) is 6.29. The van der Waals surface area contributed by atoms with E-state index in [4.69, 9.17) is 9.66 Å². The highest BCUT2D eigenvalue weighted by molar-refractivity contribution is 7.85. The first-order chi connectivity index (χ1) is 11.3. The number of aromatic nitrogens is 2. The van der Waals surface area contributed by atoms with Crippen molar-refractivity contribution < 1.29 is 22.9 Å². The van der Waals surface area contributed by atoms with Crippen molar-refractivity contribution in [3.8, 4) is 0 Å². The summed E-state index contributed by atoms with van der Waals surface area (Å²) in [6.07, 6.45) is 1.54. The molecule has 24 heavy (non-hydrogen) atoms. The third kappa shape index (κ3) is 4.34. The minimum absolute atomic E-state index is 0.0666. The number of rotatable bonds is 2. The third-order valence-electron chi connectivity index (χ3n) is 3.09. The molecule has 0 fully saturated rings. The highest BCUT2D eigenvalue weighted by atomic mass is 32.2. The van der Waals surface area contributed by atoms with E-state index < -0.39 is 16.1 Å². The molecule has 0 aliphatic rings. The van der Waals surface area contributed by atoms with Crippen molar-refractivity contribution in [3.63, 3.8) is 0 Å². The second-order valence-electron chi connectivity index (χ2n) is 4.87. The van der Waals surface area contributed by atoms with E-state index in [-0.39, 0.29) is 10.5 Å². The number of carboxylic acid groups (broad SMARTS) is 1. The average Bonchev–Trinajstić information content (AvgIpc) is 2.54. The summed E-state index contributed by atoms with van der Waals surface area (Å²) in [4.78, 5) is 10.7. The lowest BCUT2D eigenvalue weighted by atomic mass is 10.1. The number of benzene rings is 2. The number of carbonyl (C=O) groups is 1. The summed E-state index contributed by atoms with van der Waals surface area (Å²) in [6.45, 7) is 1.84. The molecule has 1 aromatic heterocycles. The van der Waals surface area contributed by atoms with Gasteiger partial charge in [0.15, 0.2) is 0 Å². The Balaban J connectivity index is 0.000000177. The molecule has 3 rings (SSSR count). The molecule has 2 aromatic carbocycles. The van der Waals surface area contributed by atoms with Crippen LogP contribution < -0.4 is 0 Å². The monoisotopic (exact) mass is 346 g/mol. The highest BCUT2D eigenvalue weighted by Crippen LogP contribution is 2.14. The van der Waals surface area contributed by atoms with E-state index in [2.05, 4.69) is 10.2 Å². The molecule has 124 valence electrons. The summed E-state index contributed by atoms with van der Waals surface area (Å²) in [5.74, 6) is -0.980. The topological polar surface area (TPSA) is 117 Å². The molecular formula is C16H14N2O5S. The number of hydrogen-bond acceptors (Lipinski definition) is 5. The van der Waals surface area contributed by atoms with E-state index in [1.165, 1.54) is 24.4 Å². The summed E-state index contributed by atoms with van der Waals surface area (Å²) in [6, 6.07) is 12.7. The van der Waals surface area contributed by atoms with Crippen LogP contribution in [0.5, 0.6) is 0 Å². The van der Waals surface area contributed by atoms with Gasteiger partial charge in [0.1, 0.15) is 5.52 Å². The van der Waals surface area contributed by atoms with Crippen molar-refractivity contribution in [2.24, 2.45) is 0 Å². The number of aryl methyl sites for hydroxylation is 1. The van der Waals surface area contributed by atoms with E-state index >= 15 is 0 Å². The van der Waals surface area contributed by atoms with Crippen LogP contribution in [0.1, 0.15) is 15.9 Å². The fraction of sp³-hybridized carbons (Fsp3) is 0.0625. The van der Waals surface area contributed by atoms with Gasteiger partial charge in [-0.2, -0.15) is 13.5 Å². The largest absolute Gasteiger partial charge is 0.478 e. The van der Waals surface area contributed by atoms with Gasteiger partial charge >= 0.3 is 5.97 Å². The van der Waals surface area contributed by atoms with Crippen LogP contribution in [0.25, 0.3) is 10.9 Å². The standard InChI is InChI=1S/C9H6N2O2.C7H8O3S/c12-9(13)7-3-1-2-6-4-5-10-11-8(6)7;1-6-2-4-7(5-3-6)11(8,9)10/h1-5H,(H,12,13);2-5H,1H3,(H,8,9,10). The Kier molecular flexibility index (Phi) is 5.22. The van der Waals surface area contributed by atoms with Gasteiger partial charge in [0.05, 0.1) is 16.7 Å². The predicted octanol–water partition coefficient (Wildman–Crippen LogP) is 2.57. The van der Waals surface area contributed by atoms with Crippen LogP contribution in [-0.2, 0) is 10.1 Å². The van der Waals surface area contributed by atoms with Crippen LogP contribution in [0.15, 0.2) is 59.6 Å². The molecule has 0 radical (unpaired) electrons. The smallest absolute Gasteiger partial charge is 0.337 e. The maximum absolute atomic E-state index is 10.7. The predicted molar refractivity (Wildman–Crippen MR) is 87.5 cm³/mol. The van der Waals surface area contributed by atoms with Gasteiger partial charge in [-0.15, -0.1) is 5.10 Å².